The SMILES string of the molecule is COc1ccc(-c2cccc3c2ccc[n+]3C)cc1.F[P-](F)(F)(F)(F)F. The van der Waals surface area contributed by atoms with Crippen molar-refractivity contribution < 1.29 is 34.5 Å². The number of fused-ring (bicyclic) bond motifs is 1. The van der Waals surface area contributed by atoms with Gasteiger partial charge in [0.1, 0.15) is 12.8 Å². The van der Waals surface area contributed by atoms with Gasteiger partial charge in [-0.2, -0.15) is 0 Å². The molecule has 2 aromatic carbocycles. The molecule has 0 saturated carbocycles. The summed E-state index contributed by atoms with van der Waals surface area (Å²) in [6, 6.07) is 18.8. The fourth-order valence-electron chi connectivity index (χ4n) is 2.41. The summed E-state index contributed by atoms with van der Waals surface area (Å²) in [5.41, 5.74) is 3.68. The Labute approximate surface area is 145 Å². The van der Waals surface area contributed by atoms with Crippen molar-refractivity contribution in [2.75, 3.05) is 7.11 Å². The van der Waals surface area contributed by atoms with Gasteiger partial charge in [-0.25, -0.2) is 4.57 Å². The van der Waals surface area contributed by atoms with E-state index >= 15 is 0 Å². The van der Waals surface area contributed by atoms with Crippen LogP contribution in [0.2, 0.25) is 0 Å². The molecule has 3 aromatic rings. The number of rotatable bonds is 2. The van der Waals surface area contributed by atoms with Gasteiger partial charge in [0.15, 0.2) is 6.20 Å². The van der Waals surface area contributed by atoms with E-state index in [9.17, 15) is 25.2 Å². The molecule has 0 fully saturated rings. The second-order valence-corrected chi connectivity index (χ2v) is 7.46. The van der Waals surface area contributed by atoms with Crippen molar-refractivity contribution in [1.29, 1.82) is 0 Å². The van der Waals surface area contributed by atoms with E-state index in [1.54, 1.807) is 7.11 Å². The van der Waals surface area contributed by atoms with Gasteiger partial charge >= 0.3 is 33.0 Å². The third-order valence-corrected chi connectivity index (χ3v) is 3.44. The number of methoxy groups -OCH3 is 1. The van der Waals surface area contributed by atoms with E-state index in [4.69, 9.17) is 4.74 Å². The Morgan fingerprint density at radius 1 is 0.808 bits per heavy atom. The van der Waals surface area contributed by atoms with E-state index in [0.29, 0.717) is 0 Å². The summed E-state index contributed by atoms with van der Waals surface area (Å²) >= 11 is 0. The molecule has 0 bridgehead atoms. The fraction of sp³-hybridized carbons (Fsp3) is 0.118. The van der Waals surface area contributed by atoms with Crippen LogP contribution in [0.1, 0.15) is 0 Å². The van der Waals surface area contributed by atoms with Crippen LogP contribution >= 0.6 is 7.81 Å². The normalized spacial score (nSPS) is 14.0. The zero-order valence-corrected chi connectivity index (χ0v) is 14.7. The first-order valence-electron chi connectivity index (χ1n) is 7.33. The summed E-state index contributed by atoms with van der Waals surface area (Å²) < 4.78 is 66.5. The van der Waals surface area contributed by atoms with Gasteiger partial charge in [-0.05, 0) is 29.3 Å². The van der Waals surface area contributed by atoms with Gasteiger partial charge in [0, 0.05) is 12.1 Å². The van der Waals surface area contributed by atoms with Gasteiger partial charge in [-0.15, -0.1) is 0 Å². The van der Waals surface area contributed by atoms with Crippen molar-refractivity contribution in [3.05, 3.63) is 60.8 Å². The van der Waals surface area contributed by atoms with Gasteiger partial charge in [0.05, 0.1) is 12.5 Å². The van der Waals surface area contributed by atoms with Gasteiger partial charge in [-0.3, -0.25) is 0 Å². The summed E-state index contributed by atoms with van der Waals surface area (Å²) in [7, 11) is -6.90. The Hall–Kier alpha value is -2.34. The Balaban J connectivity index is 0.000000298. The van der Waals surface area contributed by atoms with Gasteiger partial charge in [-0.1, -0.05) is 24.3 Å². The molecule has 2 nitrogen and oxygen atoms in total. The number of hydrogen-bond donors (Lipinski definition) is 0. The number of benzene rings is 2. The van der Waals surface area contributed by atoms with Crippen LogP contribution in [0.15, 0.2) is 60.8 Å². The number of nitrogens with zero attached hydrogens (tertiary/aromatic N) is 1. The summed E-state index contributed by atoms with van der Waals surface area (Å²) in [5, 5.41) is 1.26. The van der Waals surface area contributed by atoms with E-state index in [2.05, 4.69) is 60.3 Å². The molecule has 1 heterocycles. The second-order valence-electron chi connectivity index (χ2n) is 5.54. The van der Waals surface area contributed by atoms with Crippen LogP contribution in [-0.4, -0.2) is 7.11 Å². The molecule has 0 N–H and O–H groups in total. The molecule has 0 amide bonds. The van der Waals surface area contributed by atoms with E-state index in [1.165, 1.54) is 22.0 Å². The Bertz CT molecular complexity index is 913. The van der Waals surface area contributed by atoms with Crippen LogP contribution in [0.25, 0.3) is 22.0 Å². The first-order valence-corrected chi connectivity index (χ1v) is 9.35. The van der Waals surface area contributed by atoms with Crippen molar-refractivity contribution in [3.8, 4) is 16.9 Å². The minimum atomic E-state index is -10.7. The molecule has 26 heavy (non-hydrogen) atoms. The summed E-state index contributed by atoms with van der Waals surface area (Å²) in [4.78, 5) is 0. The second kappa shape index (κ2) is 6.13. The first kappa shape index (κ1) is 20.0. The van der Waals surface area contributed by atoms with Crippen LogP contribution in [0.3, 0.4) is 0 Å². The van der Waals surface area contributed by atoms with Crippen LogP contribution in [0.4, 0.5) is 25.2 Å². The monoisotopic (exact) mass is 395 g/mol. The minimum absolute atomic E-state index is 0.884. The third-order valence-electron chi connectivity index (χ3n) is 3.44. The molecule has 0 atom stereocenters. The molecule has 0 unspecified atom stereocenters. The average molecular weight is 395 g/mol. The topological polar surface area (TPSA) is 13.1 Å². The summed E-state index contributed by atoms with van der Waals surface area (Å²) in [6.45, 7) is 0. The maximum absolute atomic E-state index is 10.7. The molecule has 142 valence electrons. The molecule has 0 radical (unpaired) electrons. The van der Waals surface area contributed by atoms with Crippen molar-refractivity contribution in [3.63, 3.8) is 0 Å². The summed E-state index contributed by atoms with van der Waals surface area (Å²) in [5.74, 6) is 0.884. The quantitative estimate of drug-likeness (QED) is 0.267. The van der Waals surface area contributed by atoms with Gasteiger partial charge < -0.3 is 4.74 Å². The van der Waals surface area contributed by atoms with Crippen LogP contribution in [0, 0.1) is 0 Å². The standard InChI is InChI=1S/C17H16NO.F6P/c1-18-12-4-6-16-15(5-3-7-17(16)18)13-8-10-14(19-2)11-9-13;1-7(2,3,4,5)6/h3-12H,1-2H3;/q+1;-1. The zero-order chi connectivity index (χ0) is 19.7. The number of aryl methyl sites for hydroxylation is 1. The molecular weight excluding hydrogens is 379 g/mol. The molecule has 9 heteroatoms. The van der Waals surface area contributed by atoms with E-state index in [0.717, 1.165) is 5.75 Å². The molecule has 0 saturated heterocycles. The van der Waals surface area contributed by atoms with E-state index < -0.39 is 7.81 Å². The molecule has 0 spiro atoms. The Kier molecular flexibility index (Phi) is 4.71. The van der Waals surface area contributed by atoms with Crippen LogP contribution in [0.5, 0.6) is 5.75 Å². The van der Waals surface area contributed by atoms with E-state index in [-0.39, 0.29) is 0 Å². The van der Waals surface area contributed by atoms with E-state index in [1.807, 2.05) is 12.1 Å². The molecule has 0 aliphatic rings. The van der Waals surface area contributed by atoms with Gasteiger partial charge in [0.25, 0.3) is 0 Å². The third kappa shape index (κ3) is 6.52. The molecule has 3 rings (SSSR count). The molecule has 0 aliphatic heterocycles. The number of aromatic nitrogens is 1. The molecular formula is C17H16F6NOP. The van der Waals surface area contributed by atoms with Crippen molar-refractivity contribution in [1.82, 2.24) is 0 Å². The number of pyridine rings is 1. The molecule has 0 aliphatic carbocycles. The van der Waals surface area contributed by atoms with Crippen molar-refractivity contribution in [2.24, 2.45) is 7.05 Å². The van der Waals surface area contributed by atoms with Gasteiger partial charge in [0.2, 0.25) is 5.52 Å². The summed E-state index contributed by atoms with van der Waals surface area (Å²) in [6.07, 6.45) is 2.07. The Morgan fingerprint density at radius 2 is 1.38 bits per heavy atom. The zero-order valence-electron chi connectivity index (χ0n) is 13.8. The Morgan fingerprint density at radius 3 is 1.92 bits per heavy atom. The molecule has 1 aromatic heterocycles. The maximum atomic E-state index is 9.87. The van der Waals surface area contributed by atoms with Crippen molar-refractivity contribution in [2.45, 2.75) is 0 Å². The first-order chi connectivity index (χ1) is 11.7. The predicted molar refractivity (Wildman–Crippen MR) is 90.7 cm³/mol. The fourth-order valence-corrected chi connectivity index (χ4v) is 2.41. The van der Waals surface area contributed by atoms with Crippen molar-refractivity contribution >= 4 is 18.7 Å². The van der Waals surface area contributed by atoms with Crippen LogP contribution in [-0.2, 0) is 7.05 Å². The number of hydrogen-bond acceptors (Lipinski definition) is 1. The number of ether oxygens (including phenoxy) is 1. The van der Waals surface area contributed by atoms with Crippen LogP contribution < -0.4 is 9.30 Å². The predicted octanol–water partition coefficient (Wildman–Crippen LogP) is 6.72. The average Bonchev–Trinajstić information content (AvgIpc) is 2.52. The number of halogens is 6.